The molecule has 0 bridgehead atoms. The first-order chi connectivity index (χ1) is 19.4. The molecule has 1 aliphatic heterocycles. The van der Waals surface area contributed by atoms with Gasteiger partial charge in [0, 0.05) is 36.2 Å². The lowest BCUT2D eigenvalue weighted by atomic mass is 10.1. The zero-order valence-corrected chi connectivity index (χ0v) is 23.1. The van der Waals surface area contributed by atoms with Crippen LogP contribution < -0.4 is 10.1 Å². The van der Waals surface area contributed by atoms with Crippen molar-refractivity contribution in [3.05, 3.63) is 95.7 Å². The number of hydrogen-bond donors (Lipinski definition) is 1. The Bertz CT molecular complexity index is 1470. The van der Waals surface area contributed by atoms with Gasteiger partial charge in [0.1, 0.15) is 12.3 Å². The van der Waals surface area contributed by atoms with Gasteiger partial charge in [-0.05, 0) is 57.0 Å². The number of amides is 2. The molecule has 1 saturated heterocycles. The highest BCUT2D eigenvalue weighted by atomic mass is 16.5. The van der Waals surface area contributed by atoms with E-state index in [1.54, 1.807) is 36.3 Å². The fraction of sp³-hybridized carbons (Fsp3) is 0.281. The second-order valence-electron chi connectivity index (χ2n) is 10.1. The molecular weight excluding hydrogens is 504 g/mol. The monoisotopic (exact) mass is 538 g/mol. The predicted octanol–water partition coefficient (Wildman–Crippen LogP) is 5.42. The highest BCUT2D eigenvalue weighted by Gasteiger charge is 2.26. The van der Waals surface area contributed by atoms with Gasteiger partial charge in [-0.25, -0.2) is 4.98 Å². The number of carbonyl (C=O) groups is 2. The highest BCUT2D eigenvalue weighted by Crippen LogP contribution is 2.25. The van der Waals surface area contributed by atoms with E-state index < -0.39 is 0 Å². The molecule has 8 heteroatoms. The third-order valence-corrected chi connectivity index (χ3v) is 7.00. The first-order valence-electron chi connectivity index (χ1n) is 13.5. The van der Waals surface area contributed by atoms with Crippen molar-refractivity contribution in [3.63, 3.8) is 0 Å². The van der Waals surface area contributed by atoms with Gasteiger partial charge in [0.25, 0.3) is 5.91 Å². The number of nitrogens with one attached hydrogen (secondary N) is 1. The Morgan fingerprint density at radius 2 is 1.77 bits per heavy atom. The Morgan fingerprint density at radius 1 is 1.05 bits per heavy atom. The number of anilines is 1. The standard InChI is InChI=1S/C32H34N4O4/c1-22-9-13-24(14-10-22)29-20-36(26-15-11-23(2)12-16-26)32(33-29)34-30(37)21-35(19-28-8-5-17-40-28)31(38)25-6-4-7-27(18-25)39-3/h4,6-7,9-16,18,20,28H,5,8,17,19,21H2,1-3H3,(H,33,34,37). The first kappa shape index (κ1) is 27.1. The van der Waals surface area contributed by atoms with E-state index in [0.717, 1.165) is 40.9 Å². The smallest absolute Gasteiger partial charge is 0.254 e. The molecule has 2 heterocycles. The van der Waals surface area contributed by atoms with E-state index in [-0.39, 0.29) is 24.5 Å². The Balaban J connectivity index is 1.41. The van der Waals surface area contributed by atoms with Crippen LogP contribution in [-0.2, 0) is 9.53 Å². The lowest BCUT2D eigenvalue weighted by molar-refractivity contribution is -0.117. The predicted molar refractivity (Wildman–Crippen MR) is 155 cm³/mol. The van der Waals surface area contributed by atoms with Gasteiger partial charge in [0.05, 0.1) is 18.9 Å². The molecule has 5 rings (SSSR count). The van der Waals surface area contributed by atoms with Crippen molar-refractivity contribution in [2.24, 2.45) is 0 Å². The van der Waals surface area contributed by atoms with Crippen LogP contribution in [0.4, 0.5) is 5.95 Å². The van der Waals surface area contributed by atoms with Gasteiger partial charge in [-0.3, -0.25) is 19.5 Å². The van der Waals surface area contributed by atoms with Crippen molar-refractivity contribution in [3.8, 4) is 22.7 Å². The molecule has 4 aromatic rings. The van der Waals surface area contributed by atoms with Crippen LogP contribution in [0.3, 0.4) is 0 Å². The van der Waals surface area contributed by atoms with Crippen LogP contribution in [0.2, 0.25) is 0 Å². The van der Waals surface area contributed by atoms with Crippen LogP contribution in [0.25, 0.3) is 16.9 Å². The van der Waals surface area contributed by atoms with Crippen molar-refractivity contribution in [1.29, 1.82) is 0 Å². The summed E-state index contributed by atoms with van der Waals surface area (Å²) in [5, 5.41) is 2.96. The van der Waals surface area contributed by atoms with E-state index in [1.165, 1.54) is 0 Å². The molecule has 1 aromatic heterocycles. The van der Waals surface area contributed by atoms with Crippen LogP contribution in [-0.4, -0.2) is 59.2 Å². The highest BCUT2D eigenvalue weighted by molar-refractivity contribution is 5.99. The number of rotatable bonds is 9. The number of aryl methyl sites for hydroxylation is 2. The number of benzene rings is 3. The van der Waals surface area contributed by atoms with E-state index >= 15 is 0 Å². The molecule has 40 heavy (non-hydrogen) atoms. The maximum Gasteiger partial charge on any atom is 0.254 e. The molecule has 1 aliphatic rings. The maximum absolute atomic E-state index is 13.5. The number of methoxy groups -OCH3 is 1. The van der Waals surface area contributed by atoms with E-state index in [9.17, 15) is 9.59 Å². The summed E-state index contributed by atoms with van der Waals surface area (Å²) in [5.74, 6) is 0.363. The molecule has 0 radical (unpaired) electrons. The fourth-order valence-corrected chi connectivity index (χ4v) is 4.76. The lowest BCUT2D eigenvalue weighted by Gasteiger charge is -2.25. The van der Waals surface area contributed by atoms with E-state index in [2.05, 4.69) is 5.32 Å². The summed E-state index contributed by atoms with van der Waals surface area (Å²) in [6.07, 6.45) is 3.59. The minimum absolute atomic E-state index is 0.106. The van der Waals surface area contributed by atoms with Crippen molar-refractivity contribution in [1.82, 2.24) is 14.5 Å². The minimum Gasteiger partial charge on any atom is -0.497 e. The summed E-state index contributed by atoms with van der Waals surface area (Å²) in [6, 6.07) is 23.1. The first-order valence-corrected chi connectivity index (χ1v) is 13.5. The normalized spacial score (nSPS) is 14.6. The molecule has 0 saturated carbocycles. The van der Waals surface area contributed by atoms with Crippen LogP contribution in [0.1, 0.15) is 34.3 Å². The molecule has 1 unspecified atom stereocenters. The molecule has 3 aromatic carbocycles. The summed E-state index contributed by atoms with van der Waals surface area (Å²) < 4.78 is 13.0. The second-order valence-corrected chi connectivity index (χ2v) is 10.1. The van der Waals surface area contributed by atoms with Gasteiger partial charge < -0.3 is 14.4 Å². The summed E-state index contributed by atoms with van der Waals surface area (Å²) in [4.78, 5) is 33.3. The van der Waals surface area contributed by atoms with Gasteiger partial charge in [-0.2, -0.15) is 0 Å². The molecule has 8 nitrogen and oxygen atoms in total. The summed E-state index contributed by atoms with van der Waals surface area (Å²) in [7, 11) is 1.56. The molecule has 0 spiro atoms. The summed E-state index contributed by atoms with van der Waals surface area (Å²) in [5.41, 5.74) is 5.29. The summed E-state index contributed by atoms with van der Waals surface area (Å²) >= 11 is 0. The zero-order chi connectivity index (χ0) is 28.1. The average Bonchev–Trinajstić information content (AvgIpc) is 3.63. The number of ether oxygens (including phenoxy) is 2. The van der Waals surface area contributed by atoms with E-state index in [0.29, 0.717) is 30.4 Å². The third kappa shape index (κ3) is 6.40. The number of nitrogens with zero attached hydrogens (tertiary/aromatic N) is 3. The number of hydrogen-bond acceptors (Lipinski definition) is 5. The van der Waals surface area contributed by atoms with Gasteiger partial charge in [0.2, 0.25) is 11.9 Å². The molecule has 1 fully saturated rings. The van der Waals surface area contributed by atoms with Crippen LogP contribution in [0.15, 0.2) is 79.0 Å². The molecular formula is C32H34N4O4. The molecule has 2 amide bonds. The lowest BCUT2D eigenvalue weighted by Crippen LogP contribution is -2.42. The zero-order valence-electron chi connectivity index (χ0n) is 23.1. The van der Waals surface area contributed by atoms with E-state index in [1.807, 2.05) is 73.1 Å². The Morgan fingerprint density at radius 3 is 2.45 bits per heavy atom. The molecule has 1 N–H and O–H groups in total. The molecule has 1 atom stereocenters. The second kappa shape index (κ2) is 12.2. The molecule has 0 aliphatic carbocycles. The quantitative estimate of drug-likeness (QED) is 0.307. The number of carbonyl (C=O) groups excluding carboxylic acids is 2. The Hall–Kier alpha value is -4.43. The van der Waals surface area contributed by atoms with Crippen molar-refractivity contribution >= 4 is 17.8 Å². The fourth-order valence-electron chi connectivity index (χ4n) is 4.76. The topological polar surface area (TPSA) is 85.7 Å². The van der Waals surface area contributed by atoms with Crippen LogP contribution >= 0.6 is 0 Å². The maximum atomic E-state index is 13.5. The molecule has 206 valence electrons. The largest absolute Gasteiger partial charge is 0.497 e. The third-order valence-electron chi connectivity index (χ3n) is 7.00. The van der Waals surface area contributed by atoms with Crippen LogP contribution in [0.5, 0.6) is 5.75 Å². The van der Waals surface area contributed by atoms with Gasteiger partial charge in [-0.15, -0.1) is 0 Å². The van der Waals surface area contributed by atoms with Gasteiger partial charge in [0.15, 0.2) is 0 Å². The average molecular weight is 539 g/mol. The SMILES string of the molecule is COc1cccc(C(=O)N(CC(=O)Nc2nc(-c3ccc(C)cc3)cn2-c2ccc(C)cc2)CC2CCCO2)c1. The van der Waals surface area contributed by atoms with Gasteiger partial charge in [-0.1, -0.05) is 53.6 Å². The van der Waals surface area contributed by atoms with Gasteiger partial charge >= 0.3 is 0 Å². The Labute approximate surface area is 234 Å². The van der Waals surface area contributed by atoms with Crippen molar-refractivity contribution in [2.75, 3.05) is 32.1 Å². The minimum atomic E-state index is -0.344. The van der Waals surface area contributed by atoms with E-state index in [4.69, 9.17) is 14.5 Å². The van der Waals surface area contributed by atoms with Crippen molar-refractivity contribution < 1.29 is 19.1 Å². The summed E-state index contributed by atoms with van der Waals surface area (Å²) in [6.45, 7) is 4.91. The van der Waals surface area contributed by atoms with Crippen LogP contribution in [0, 0.1) is 13.8 Å². The van der Waals surface area contributed by atoms with Crippen molar-refractivity contribution in [2.45, 2.75) is 32.8 Å². The number of imidazole rings is 1. The number of aromatic nitrogens is 2. The Kier molecular flexibility index (Phi) is 8.26.